The van der Waals surface area contributed by atoms with Gasteiger partial charge >= 0.3 is 0 Å². The molecule has 4 saturated heterocycles. The van der Waals surface area contributed by atoms with Crippen molar-refractivity contribution in [2.24, 2.45) is 23.7 Å². The average Bonchev–Trinajstić information content (AvgIpc) is 3.38. The second kappa shape index (κ2) is 15.5. The first-order valence-corrected chi connectivity index (χ1v) is 20.2. The Labute approximate surface area is 320 Å². The molecule has 5 fully saturated rings. The number of ether oxygens (including phenoxy) is 4. The predicted octanol–water partition coefficient (Wildman–Crippen LogP) is 7.94. The zero-order chi connectivity index (χ0) is 37.4. The van der Waals surface area contributed by atoms with Crippen LogP contribution < -0.4 is 14.8 Å². The predicted molar refractivity (Wildman–Crippen MR) is 200 cm³/mol. The maximum Gasteiger partial charge on any atom is 0.255 e. The van der Waals surface area contributed by atoms with E-state index in [-0.39, 0.29) is 52.6 Å². The Kier molecular flexibility index (Phi) is 11.1. The van der Waals surface area contributed by atoms with E-state index >= 15 is 0 Å². The lowest BCUT2D eigenvalue weighted by Crippen LogP contribution is -2.70. The molecule has 8 atom stereocenters. The zero-order valence-electron chi connectivity index (χ0n) is 29.8. The van der Waals surface area contributed by atoms with Crippen molar-refractivity contribution in [1.82, 2.24) is 5.32 Å². The van der Waals surface area contributed by atoms with Crippen molar-refractivity contribution < 1.29 is 41.9 Å². The molecule has 0 unspecified atom stereocenters. The van der Waals surface area contributed by atoms with Gasteiger partial charge in [0, 0.05) is 30.4 Å². The lowest BCUT2D eigenvalue weighted by atomic mass is 9.58. The Morgan fingerprint density at radius 3 is 2.43 bits per heavy atom. The van der Waals surface area contributed by atoms with Crippen molar-refractivity contribution >= 4 is 50.9 Å². The van der Waals surface area contributed by atoms with E-state index in [1.165, 1.54) is 6.08 Å². The van der Waals surface area contributed by atoms with Gasteiger partial charge in [-0.3, -0.25) is 9.52 Å². The van der Waals surface area contributed by atoms with E-state index in [0.29, 0.717) is 29.3 Å². The molecule has 3 aromatic rings. The molecule has 3 aromatic carbocycles. The van der Waals surface area contributed by atoms with Gasteiger partial charge in [0.25, 0.3) is 15.9 Å². The van der Waals surface area contributed by atoms with Crippen LogP contribution in [0.4, 0.5) is 5.69 Å². The van der Waals surface area contributed by atoms with E-state index in [0.717, 1.165) is 36.7 Å². The van der Waals surface area contributed by atoms with Crippen LogP contribution in [0.3, 0.4) is 0 Å². The van der Waals surface area contributed by atoms with Crippen molar-refractivity contribution in [3.05, 3.63) is 98.9 Å². The molecule has 0 aromatic heterocycles. The maximum absolute atomic E-state index is 12.9. The smallest absolute Gasteiger partial charge is 0.255 e. The number of nitrogens with one attached hydrogen (secondary N) is 2. The van der Waals surface area contributed by atoms with E-state index in [1.54, 1.807) is 54.6 Å². The molecule has 0 radical (unpaired) electrons. The van der Waals surface area contributed by atoms with E-state index < -0.39 is 34.0 Å². The number of rotatable bonds is 12. The van der Waals surface area contributed by atoms with Crippen LogP contribution in [-0.4, -0.2) is 51.4 Å². The van der Waals surface area contributed by atoms with Gasteiger partial charge in [0.15, 0.2) is 18.2 Å². The van der Waals surface area contributed by atoms with Gasteiger partial charge in [-0.25, -0.2) is 18.2 Å². The minimum atomic E-state index is -3.85. The summed E-state index contributed by atoms with van der Waals surface area (Å²) in [7, 11) is -3.85. The fourth-order valence-corrected chi connectivity index (χ4v) is 9.55. The number of benzene rings is 3. The van der Waals surface area contributed by atoms with E-state index in [1.807, 2.05) is 19.1 Å². The van der Waals surface area contributed by atoms with Crippen molar-refractivity contribution in [3.8, 4) is 5.75 Å². The van der Waals surface area contributed by atoms with Gasteiger partial charge in [0.1, 0.15) is 12.4 Å². The standard InChI is InChI=1S/C39H44Cl2N2O9S/c1-24-7-16-31-25(2)36(49-37-39(31)30(24)17-19-38(3,50-37)51-52-39)47-21-20-42-35(44)28-12-8-27(9-13-28)23-48-29-14-10-26(11-15-29)18-22-53(45,46)43-34-32(40)5-4-6-33(34)41/h4-6,8-15,18,22,24-25,30-31,36-37,43H,7,16-17,19-21,23H2,1-3H3,(H,42,44)/b22-18+/t24-,25-,30+,31+,36-,37-,38-,39-/m1/s1. The van der Waals surface area contributed by atoms with Gasteiger partial charge in [-0.1, -0.05) is 67.4 Å². The van der Waals surface area contributed by atoms with Crippen LogP contribution in [0.25, 0.3) is 6.08 Å². The highest BCUT2D eigenvalue weighted by Gasteiger charge is 2.69. The van der Waals surface area contributed by atoms with Gasteiger partial charge in [-0.05, 0) is 91.6 Å². The van der Waals surface area contributed by atoms with Gasteiger partial charge in [-0.15, -0.1) is 0 Å². The molecule has 2 bridgehead atoms. The summed E-state index contributed by atoms with van der Waals surface area (Å²) < 4.78 is 52.4. The molecule has 1 aliphatic carbocycles. The molecule has 2 N–H and O–H groups in total. The fraction of sp³-hybridized carbons (Fsp3) is 0.462. The number of carbonyl (C=O) groups is 1. The molecular weight excluding hydrogens is 743 g/mol. The number of hydrogen-bond donors (Lipinski definition) is 2. The number of fused-ring (bicyclic) bond motifs is 2. The summed E-state index contributed by atoms with van der Waals surface area (Å²) >= 11 is 12.1. The monoisotopic (exact) mass is 786 g/mol. The molecule has 1 spiro atoms. The number of hydrogen-bond acceptors (Lipinski definition) is 9. The normalized spacial score (nSPS) is 30.7. The first kappa shape index (κ1) is 38.1. The molecule has 14 heteroatoms. The third-order valence-electron chi connectivity index (χ3n) is 10.9. The molecular formula is C39H44Cl2N2O9S. The highest BCUT2D eigenvalue weighted by atomic mass is 35.5. The number of anilines is 1. The summed E-state index contributed by atoms with van der Waals surface area (Å²) in [5, 5.41) is 4.37. The highest BCUT2D eigenvalue weighted by Crippen LogP contribution is 2.60. The third kappa shape index (κ3) is 8.11. The van der Waals surface area contributed by atoms with Crippen molar-refractivity contribution in [1.29, 1.82) is 0 Å². The Balaban J connectivity index is 0.857. The van der Waals surface area contributed by atoms with E-state index in [9.17, 15) is 13.2 Å². The molecule has 4 aliphatic heterocycles. The molecule has 1 amide bonds. The first-order valence-electron chi connectivity index (χ1n) is 17.9. The molecule has 4 heterocycles. The quantitative estimate of drug-likeness (QED) is 0.139. The summed E-state index contributed by atoms with van der Waals surface area (Å²) in [5.41, 5.74) is 1.53. The van der Waals surface area contributed by atoms with Crippen LogP contribution in [0.1, 0.15) is 67.9 Å². The molecule has 284 valence electrons. The number of carbonyl (C=O) groups excluding carboxylic acids is 1. The number of amides is 1. The number of para-hydroxylation sites is 1. The maximum atomic E-state index is 12.9. The topological polar surface area (TPSA) is 131 Å². The first-order chi connectivity index (χ1) is 25.4. The van der Waals surface area contributed by atoms with Gasteiger partial charge < -0.3 is 24.3 Å². The number of halogens is 2. The lowest BCUT2D eigenvalue weighted by Gasteiger charge is -2.60. The lowest BCUT2D eigenvalue weighted by molar-refractivity contribution is -0.577. The van der Waals surface area contributed by atoms with Crippen LogP contribution >= 0.6 is 23.2 Å². The minimum Gasteiger partial charge on any atom is -0.489 e. The molecule has 1 saturated carbocycles. The number of sulfonamides is 1. The minimum absolute atomic E-state index is 0.0589. The molecule has 5 aliphatic rings. The van der Waals surface area contributed by atoms with Crippen molar-refractivity contribution in [3.63, 3.8) is 0 Å². The summed E-state index contributed by atoms with van der Waals surface area (Å²) in [6.45, 7) is 7.22. The van der Waals surface area contributed by atoms with Crippen LogP contribution in [0.15, 0.2) is 72.1 Å². The summed E-state index contributed by atoms with van der Waals surface area (Å²) in [5.74, 6) is 0.557. The third-order valence-corrected chi connectivity index (χ3v) is 12.5. The molecule has 11 nitrogen and oxygen atoms in total. The fourth-order valence-electron chi connectivity index (χ4n) is 8.04. The highest BCUT2D eigenvalue weighted by molar-refractivity contribution is 7.95. The summed E-state index contributed by atoms with van der Waals surface area (Å²) in [6, 6.07) is 18.9. The van der Waals surface area contributed by atoms with E-state index in [2.05, 4.69) is 23.9 Å². The zero-order valence-corrected chi connectivity index (χ0v) is 32.1. The largest absolute Gasteiger partial charge is 0.489 e. The van der Waals surface area contributed by atoms with Crippen LogP contribution in [-0.2, 0) is 40.6 Å². The molecule has 53 heavy (non-hydrogen) atoms. The Morgan fingerprint density at radius 2 is 1.70 bits per heavy atom. The molecule has 8 rings (SSSR count). The van der Waals surface area contributed by atoms with Gasteiger partial charge in [-0.2, -0.15) is 0 Å². The van der Waals surface area contributed by atoms with Crippen molar-refractivity contribution in [2.75, 3.05) is 17.9 Å². The second-order valence-electron chi connectivity index (χ2n) is 14.5. The Bertz CT molecular complexity index is 1910. The van der Waals surface area contributed by atoms with Crippen LogP contribution in [0.5, 0.6) is 5.75 Å². The van der Waals surface area contributed by atoms with Crippen LogP contribution in [0, 0.1) is 23.7 Å². The Morgan fingerprint density at radius 1 is 0.962 bits per heavy atom. The van der Waals surface area contributed by atoms with Crippen molar-refractivity contribution in [2.45, 2.75) is 77.0 Å². The summed E-state index contributed by atoms with van der Waals surface area (Å²) in [6.07, 6.45) is 4.22. The second-order valence-corrected chi connectivity index (χ2v) is 16.9. The van der Waals surface area contributed by atoms with Crippen LogP contribution in [0.2, 0.25) is 10.0 Å². The summed E-state index contributed by atoms with van der Waals surface area (Å²) in [4.78, 5) is 25.0. The Hall–Kier alpha value is -3.20. The van der Waals surface area contributed by atoms with Gasteiger partial charge in [0.05, 0.1) is 27.7 Å². The van der Waals surface area contributed by atoms with Gasteiger partial charge in [0.2, 0.25) is 5.79 Å². The van der Waals surface area contributed by atoms with E-state index in [4.69, 9.17) is 51.9 Å². The SMILES string of the molecule is C[C@H]1[C@H](OCCNC(=O)c2ccc(COc3ccc(/C=C/S(=O)(=O)Nc4c(Cl)cccc4Cl)cc3)cc2)O[C@@H]2O[C@@]3(C)CC[C@H]4[C@H](C)CC[C@@H]1[C@@]24OO3. The average molecular weight is 788 g/mol.